The van der Waals surface area contributed by atoms with Crippen molar-refractivity contribution in [3.05, 3.63) is 12.2 Å². The van der Waals surface area contributed by atoms with Gasteiger partial charge in [0.2, 0.25) is 5.91 Å². The largest absolute Gasteiger partial charge is 0.394 e. The van der Waals surface area contributed by atoms with Crippen molar-refractivity contribution in [1.29, 1.82) is 0 Å². The van der Waals surface area contributed by atoms with Gasteiger partial charge in [-0.15, -0.1) is 0 Å². The Morgan fingerprint density at radius 3 is 1.50 bits per heavy atom. The number of hydrogen-bond acceptors (Lipinski definition) is 18. The van der Waals surface area contributed by atoms with Crippen molar-refractivity contribution in [2.75, 3.05) is 26.4 Å². The lowest BCUT2D eigenvalue weighted by Gasteiger charge is -2.48. The summed E-state index contributed by atoms with van der Waals surface area (Å²) in [4.78, 5) is 12.3. The average Bonchev–Trinajstić information content (AvgIpc) is 3.25. The molecule has 17 atom stereocenters. The molecule has 3 aliphatic rings. The molecule has 3 saturated heterocycles. The quantitative estimate of drug-likeness (QED) is 0.0323. The average molecular weight is 870 g/mol. The number of nitrogens with one attached hydrogen (secondary N) is 1. The first-order chi connectivity index (χ1) is 28.8. The number of carbonyl (C=O) groups is 1. The summed E-state index contributed by atoms with van der Waals surface area (Å²) in [5.74, 6) is -0.366. The first-order valence-electron chi connectivity index (χ1n) is 21.9. The molecule has 19 nitrogen and oxygen atoms in total. The topological polar surface area (TPSA) is 307 Å². The van der Waals surface area contributed by atoms with Crippen molar-refractivity contribution < 1.29 is 89.4 Å². The Morgan fingerprint density at radius 1 is 0.583 bits per heavy atom. The van der Waals surface area contributed by atoms with E-state index in [0.717, 1.165) is 25.7 Å². The van der Waals surface area contributed by atoms with Gasteiger partial charge >= 0.3 is 0 Å². The van der Waals surface area contributed by atoms with Gasteiger partial charge in [0.05, 0.1) is 38.6 Å². The molecule has 17 unspecified atom stereocenters. The van der Waals surface area contributed by atoms with Crippen molar-refractivity contribution >= 4 is 5.91 Å². The smallest absolute Gasteiger partial charge is 0.220 e. The molecule has 352 valence electrons. The van der Waals surface area contributed by atoms with E-state index < -0.39 is 124 Å². The van der Waals surface area contributed by atoms with E-state index in [4.69, 9.17) is 28.4 Å². The zero-order valence-electron chi connectivity index (χ0n) is 35.2. The lowest BCUT2D eigenvalue weighted by molar-refractivity contribution is -0.379. The summed E-state index contributed by atoms with van der Waals surface area (Å²) in [6.45, 7) is 1.09. The summed E-state index contributed by atoms with van der Waals surface area (Å²) in [5, 5.41) is 118. The Bertz CT molecular complexity index is 1180. The molecule has 0 aromatic heterocycles. The molecule has 0 saturated carbocycles. The van der Waals surface area contributed by atoms with Crippen molar-refractivity contribution in [3.8, 4) is 0 Å². The molecule has 3 fully saturated rings. The Hall–Kier alpha value is -1.47. The van der Waals surface area contributed by atoms with Crippen molar-refractivity contribution in [2.45, 2.75) is 214 Å². The summed E-state index contributed by atoms with van der Waals surface area (Å²) >= 11 is 0. The predicted octanol–water partition coefficient (Wildman–Crippen LogP) is -1.26. The summed E-state index contributed by atoms with van der Waals surface area (Å²) in [7, 11) is 0. The van der Waals surface area contributed by atoms with E-state index in [1.807, 2.05) is 6.08 Å². The van der Waals surface area contributed by atoms with Gasteiger partial charge in [-0.05, 0) is 12.8 Å². The van der Waals surface area contributed by atoms with Crippen LogP contribution in [0.25, 0.3) is 0 Å². The van der Waals surface area contributed by atoms with Crippen LogP contribution < -0.4 is 5.32 Å². The second-order valence-electron chi connectivity index (χ2n) is 16.1. The normalized spacial score (nSPS) is 36.0. The lowest BCUT2D eigenvalue weighted by atomic mass is 9.96. The molecule has 3 heterocycles. The predicted molar refractivity (Wildman–Crippen MR) is 213 cm³/mol. The van der Waals surface area contributed by atoms with Crippen molar-refractivity contribution in [3.63, 3.8) is 0 Å². The number of ether oxygens (including phenoxy) is 6. The third-order valence-electron chi connectivity index (χ3n) is 11.4. The Balaban J connectivity index is 1.50. The van der Waals surface area contributed by atoms with Gasteiger partial charge in [-0.2, -0.15) is 0 Å². The molecule has 0 aromatic carbocycles. The third kappa shape index (κ3) is 16.0. The standard InChI is InChI=1S/C41H75NO18/c1-3-5-6-7-8-9-10-11-12-13-14-15-16-17-18-19-25(46)24(42-29(47)4-2)23-55-39-35(53)32(50)37(27(21-44)57-39)60-41-36(54)33(51)38(28(22-45)58-41)59-40-34(52)31(49)30(48)26(20-43)56-40/h18-19,24-28,30-41,43-46,48-54H,3-17,20-23H2,1-2H3,(H,42,47)/b19-18+. The highest BCUT2D eigenvalue weighted by atomic mass is 16.8. The second kappa shape index (κ2) is 28.3. The molecule has 3 aliphatic heterocycles. The molecular weight excluding hydrogens is 794 g/mol. The maximum absolute atomic E-state index is 12.3. The van der Waals surface area contributed by atoms with Gasteiger partial charge < -0.3 is 89.9 Å². The number of unbranched alkanes of at least 4 members (excludes halogenated alkanes) is 13. The zero-order chi connectivity index (χ0) is 44.2. The fourth-order valence-corrected chi connectivity index (χ4v) is 7.56. The molecule has 1 amide bonds. The van der Waals surface area contributed by atoms with Gasteiger partial charge in [-0.3, -0.25) is 4.79 Å². The lowest BCUT2D eigenvalue weighted by Crippen LogP contribution is -2.66. The summed E-state index contributed by atoms with van der Waals surface area (Å²) < 4.78 is 33.6. The molecule has 0 aromatic rings. The van der Waals surface area contributed by atoms with Crippen LogP contribution in [0, 0.1) is 0 Å². The van der Waals surface area contributed by atoms with Crippen LogP contribution in [0.1, 0.15) is 110 Å². The Kier molecular flexibility index (Phi) is 25.0. The fraction of sp³-hybridized carbons (Fsp3) is 0.927. The zero-order valence-corrected chi connectivity index (χ0v) is 35.2. The van der Waals surface area contributed by atoms with Crippen LogP contribution in [0.2, 0.25) is 0 Å². The highest BCUT2D eigenvalue weighted by Gasteiger charge is 2.53. The first kappa shape index (κ1) is 52.9. The monoisotopic (exact) mass is 869 g/mol. The molecule has 19 heteroatoms. The molecular formula is C41H75NO18. The van der Waals surface area contributed by atoms with E-state index in [-0.39, 0.29) is 18.9 Å². The molecule has 0 spiro atoms. The fourth-order valence-electron chi connectivity index (χ4n) is 7.56. The third-order valence-corrected chi connectivity index (χ3v) is 11.4. The van der Waals surface area contributed by atoms with Gasteiger partial charge in [0.15, 0.2) is 18.9 Å². The Morgan fingerprint density at radius 2 is 1.02 bits per heavy atom. The minimum atomic E-state index is -1.97. The number of aliphatic hydroxyl groups is 11. The minimum absolute atomic E-state index is 0.125. The van der Waals surface area contributed by atoms with Crippen LogP contribution in [0.5, 0.6) is 0 Å². The van der Waals surface area contributed by atoms with Crippen LogP contribution in [0.15, 0.2) is 12.2 Å². The Labute approximate surface area is 353 Å². The number of rotatable bonds is 28. The SMILES string of the molecule is CCCCCCCCCCCCCCC/C=C/C(O)C(COC1OC(CO)C(OC2OC(CO)C(OC3OC(CO)C(O)C(O)C3O)C(O)C2O)C(O)C1O)NC(=O)CC. The van der Waals surface area contributed by atoms with Crippen LogP contribution in [-0.2, 0) is 33.2 Å². The van der Waals surface area contributed by atoms with E-state index in [1.54, 1.807) is 13.0 Å². The van der Waals surface area contributed by atoms with E-state index in [1.165, 1.54) is 64.2 Å². The number of amides is 1. The van der Waals surface area contributed by atoms with Crippen LogP contribution in [0.4, 0.5) is 0 Å². The highest BCUT2D eigenvalue weighted by molar-refractivity contribution is 5.75. The van der Waals surface area contributed by atoms with Gasteiger partial charge in [-0.25, -0.2) is 0 Å². The van der Waals surface area contributed by atoms with Crippen LogP contribution in [0.3, 0.4) is 0 Å². The second-order valence-corrected chi connectivity index (χ2v) is 16.1. The maximum atomic E-state index is 12.3. The van der Waals surface area contributed by atoms with Crippen molar-refractivity contribution in [1.82, 2.24) is 5.32 Å². The molecule has 12 N–H and O–H groups in total. The number of aliphatic hydroxyl groups excluding tert-OH is 11. The maximum Gasteiger partial charge on any atom is 0.220 e. The molecule has 60 heavy (non-hydrogen) atoms. The van der Waals surface area contributed by atoms with E-state index in [2.05, 4.69) is 12.2 Å². The number of hydrogen-bond donors (Lipinski definition) is 12. The molecule has 0 radical (unpaired) electrons. The molecule has 0 bridgehead atoms. The summed E-state index contributed by atoms with van der Waals surface area (Å²) in [5.41, 5.74) is 0. The first-order valence-corrected chi connectivity index (χ1v) is 21.9. The molecule has 3 rings (SSSR count). The van der Waals surface area contributed by atoms with Crippen LogP contribution in [-0.4, -0.2) is 193 Å². The van der Waals surface area contributed by atoms with Crippen LogP contribution >= 0.6 is 0 Å². The minimum Gasteiger partial charge on any atom is -0.394 e. The van der Waals surface area contributed by atoms with Crippen molar-refractivity contribution in [2.24, 2.45) is 0 Å². The number of carbonyl (C=O) groups excluding carboxylic acids is 1. The van der Waals surface area contributed by atoms with Gasteiger partial charge in [0.25, 0.3) is 0 Å². The number of allylic oxidation sites excluding steroid dienone is 1. The van der Waals surface area contributed by atoms with E-state index in [9.17, 15) is 61.0 Å². The molecule has 0 aliphatic carbocycles. The van der Waals surface area contributed by atoms with E-state index in [0.29, 0.717) is 0 Å². The summed E-state index contributed by atoms with van der Waals surface area (Å²) in [6.07, 6.45) is -6.31. The van der Waals surface area contributed by atoms with Gasteiger partial charge in [0, 0.05) is 6.42 Å². The van der Waals surface area contributed by atoms with Gasteiger partial charge in [0.1, 0.15) is 73.2 Å². The van der Waals surface area contributed by atoms with E-state index >= 15 is 0 Å². The van der Waals surface area contributed by atoms with Gasteiger partial charge in [-0.1, -0.05) is 103 Å². The summed E-state index contributed by atoms with van der Waals surface area (Å²) in [6, 6.07) is -0.962. The highest BCUT2D eigenvalue weighted by Crippen LogP contribution is 2.33.